The number of amides is 4. The van der Waals surface area contributed by atoms with E-state index in [1.165, 1.54) is 10.0 Å². The van der Waals surface area contributed by atoms with E-state index in [1.54, 1.807) is 20.0 Å². The van der Waals surface area contributed by atoms with Gasteiger partial charge in [-0.1, -0.05) is 71.9 Å². The number of benzene rings is 2. The second kappa shape index (κ2) is 27.5. The van der Waals surface area contributed by atoms with Gasteiger partial charge in [-0.2, -0.15) is 0 Å². The van der Waals surface area contributed by atoms with E-state index in [-0.39, 0.29) is 71.7 Å². The van der Waals surface area contributed by atoms with Gasteiger partial charge in [-0.25, -0.2) is 10.9 Å². The number of pyridine rings is 2. The van der Waals surface area contributed by atoms with Crippen LogP contribution < -0.4 is 21.5 Å². The topological polar surface area (TPSA) is 235 Å². The molecule has 4 aliphatic heterocycles. The SMILES string of the molecule is CC(C)[C@@H]1CC(=O)[C@H](C)C/C=C/c2cc3cc(ccc3cn2)[C@@H](C)OC(=O)[C@@H]2CCCN(N2)C(=O)[C@H](C)NC1=O.CC(C)[C@@H]1CC(=O)[C@H](C)CCCc2cc3cc(ccc3cn2)[C@@H](C)OC(=O)[C@@H]2CCCN(N2)C(=O)[C@H](C)NC1=O. The van der Waals surface area contributed by atoms with Crippen LogP contribution in [0.5, 0.6) is 0 Å². The Bertz CT molecular complexity index is 2960. The second-order valence-electron chi connectivity index (χ2n) is 23.1. The van der Waals surface area contributed by atoms with Gasteiger partial charge < -0.3 is 20.1 Å². The molecule has 2 aromatic heterocycles. The minimum absolute atomic E-state index is 0.00349. The summed E-state index contributed by atoms with van der Waals surface area (Å²) in [6.07, 6.45) is 11.8. The quantitative estimate of drug-likeness (QED) is 0.139. The average Bonchev–Trinajstić information content (AvgIpc) is 3.45. The summed E-state index contributed by atoms with van der Waals surface area (Å²) in [5.41, 5.74) is 9.45. The van der Waals surface area contributed by atoms with Gasteiger partial charge in [0.1, 0.15) is 47.9 Å². The molecule has 2 fully saturated rings. The first-order chi connectivity index (χ1) is 38.1. The Morgan fingerprint density at radius 1 is 0.550 bits per heavy atom. The fraction of sp³-hybridized carbons (Fsp3) is 0.548. The minimum Gasteiger partial charge on any atom is -0.457 e. The van der Waals surface area contributed by atoms with Gasteiger partial charge in [-0.05, 0) is 143 Å². The lowest BCUT2D eigenvalue weighted by Gasteiger charge is -2.35. The molecule has 4 aromatic rings. The van der Waals surface area contributed by atoms with Gasteiger partial charge >= 0.3 is 11.9 Å². The number of ketones is 2. The summed E-state index contributed by atoms with van der Waals surface area (Å²) in [4.78, 5) is 114. The van der Waals surface area contributed by atoms with Crippen LogP contribution in [-0.2, 0) is 54.3 Å². The Morgan fingerprint density at radius 3 is 1.52 bits per heavy atom. The number of esters is 2. The molecule has 6 heterocycles. The Kier molecular flexibility index (Phi) is 20.9. The number of ether oxygens (including phenoxy) is 2. The number of allylic oxidation sites excluding steroid dienone is 1. The highest BCUT2D eigenvalue weighted by Crippen LogP contribution is 2.29. The predicted molar refractivity (Wildman–Crippen MR) is 304 cm³/mol. The molecular weight excluding hydrogens is 1020 g/mol. The number of fused-ring (bicyclic) bond motifs is 8. The number of Topliss-reactive ketones (excluding diaryl/α,β-unsaturated/α-hetero) is 2. The maximum atomic E-state index is 13.2. The van der Waals surface area contributed by atoms with Crippen LogP contribution in [0.1, 0.15) is 162 Å². The molecule has 8 rings (SSSR count). The molecule has 4 N–H and O–H groups in total. The number of aryl methyl sites for hydroxylation is 1. The lowest BCUT2D eigenvalue weighted by atomic mass is 9.85. The van der Waals surface area contributed by atoms with Crippen molar-refractivity contribution in [2.75, 3.05) is 13.1 Å². The molecule has 0 saturated carbocycles. The van der Waals surface area contributed by atoms with Crippen molar-refractivity contribution in [2.45, 2.75) is 170 Å². The number of rotatable bonds is 2. The molecule has 4 aliphatic rings. The number of hydrogen-bond acceptors (Lipinski definition) is 14. The van der Waals surface area contributed by atoms with Gasteiger partial charge in [0.2, 0.25) is 11.8 Å². The number of hydrogen-bond donors (Lipinski definition) is 4. The number of aromatic nitrogens is 2. The molecule has 18 nitrogen and oxygen atoms in total. The van der Waals surface area contributed by atoms with Crippen molar-refractivity contribution >= 4 is 74.8 Å². The maximum Gasteiger partial charge on any atom is 0.325 e. The van der Waals surface area contributed by atoms with Crippen LogP contribution in [-0.4, -0.2) is 104 Å². The van der Waals surface area contributed by atoms with Crippen molar-refractivity contribution in [1.82, 2.24) is 41.5 Å². The predicted octanol–water partition coefficient (Wildman–Crippen LogP) is 8.17. The van der Waals surface area contributed by atoms with Crippen LogP contribution in [0, 0.1) is 35.5 Å². The molecule has 0 spiro atoms. The largest absolute Gasteiger partial charge is 0.457 e. The van der Waals surface area contributed by atoms with E-state index in [4.69, 9.17) is 9.47 Å². The molecule has 10 atom stereocenters. The van der Waals surface area contributed by atoms with E-state index in [0.717, 1.165) is 56.9 Å². The Morgan fingerprint density at radius 2 is 1.02 bits per heavy atom. The van der Waals surface area contributed by atoms with Gasteiger partial charge in [0, 0.05) is 78.5 Å². The molecule has 4 amide bonds. The molecule has 0 radical (unpaired) electrons. The van der Waals surface area contributed by atoms with Gasteiger partial charge in [0.15, 0.2) is 0 Å². The molecule has 10 bridgehead atoms. The molecule has 0 unspecified atom stereocenters. The van der Waals surface area contributed by atoms with Crippen LogP contribution in [0.4, 0.5) is 0 Å². The van der Waals surface area contributed by atoms with E-state index in [1.807, 2.05) is 116 Å². The van der Waals surface area contributed by atoms with Gasteiger partial charge in [-0.15, -0.1) is 0 Å². The molecule has 430 valence electrons. The van der Waals surface area contributed by atoms with Crippen molar-refractivity contribution in [3.8, 4) is 0 Å². The average molecular weight is 1100 g/mol. The van der Waals surface area contributed by atoms with Crippen molar-refractivity contribution in [3.05, 3.63) is 89.5 Å². The first-order valence-corrected chi connectivity index (χ1v) is 28.7. The van der Waals surface area contributed by atoms with E-state index in [0.29, 0.717) is 51.6 Å². The smallest absolute Gasteiger partial charge is 0.325 e. The minimum atomic E-state index is -0.823. The van der Waals surface area contributed by atoms with Crippen molar-refractivity contribution in [1.29, 1.82) is 0 Å². The van der Waals surface area contributed by atoms with Gasteiger partial charge in [0.25, 0.3) is 11.8 Å². The van der Waals surface area contributed by atoms with E-state index in [2.05, 4.69) is 37.5 Å². The lowest BCUT2D eigenvalue weighted by Crippen LogP contribution is -2.59. The third kappa shape index (κ3) is 15.7. The molecule has 80 heavy (non-hydrogen) atoms. The zero-order valence-electron chi connectivity index (χ0n) is 48.2. The summed E-state index contributed by atoms with van der Waals surface area (Å²) in [6, 6.07) is 12.8. The summed E-state index contributed by atoms with van der Waals surface area (Å²) in [6.45, 7) is 19.2. The Balaban J connectivity index is 0.000000231. The fourth-order valence-electron chi connectivity index (χ4n) is 10.6. The van der Waals surface area contributed by atoms with Crippen LogP contribution >= 0.6 is 0 Å². The Hall–Kier alpha value is -6.92. The number of nitrogens with zero attached hydrogens (tertiary/aromatic N) is 4. The van der Waals surface area contributed by atoms with Gasteiger partial charge in [0.05, 0.1) is 5.69 Å². The molecule has 0 aliphatic carbocycles. The number of hydrazine groups is 2. The highest BCUT2D eigenvalue weighted by Gasteiger charge is 2.37. The third-order valence-corrected chi connectivity index (χ3v) is 16.1. The van der Waals surface area contributed by atoms with Crippen LogP contribution in [0.3, 0.4) is 0 Å². The van der Waals surface area contributed by atoms with Crippen molar-refractivity contribution < 1.29 is 47.8 Å². The summed E-state index contributed by atoms with van der Waals surface area (Å²) in [7, 11) is 0. The van der Waals surface area contributed by atoms with Crippen LogP contribution in [0.15, 0.2) is 67.0 Å². The summed E-state index contributed by atoms with van der Waals surface area (Å²) < 4.78 is 11.6. The zero-order chi connectivity index (χ0) is 57.9. The first-order valence-electron chi connectivity index (χ1n) is 28.7. The number of carbonyl (C=O) groups excluding carboxylic acids is 8. The number of carbonyl (C=O) groups is 8. The summed E-state index contributed by atoms with van der Waals surface area (Å²) in [5.74, 6) is -3.78. The normalized spacial score (nSPS) is 28.1. The molecular formula is C62H82N8O10. The van der Waals surface area contributed by atoms with Crippen LogP contribution in [0.2, 0.25) is 0 Å². The van der Waals surface area contributed by atoms with Gasteiger partial charge in [-0.3, -0.25) is 58.3 Å². The van der Waals surface area contributed by atoms with E-state index < -0.39 is 60.1 Å². The van der Waals surface area contributed by atoms with Crippen LogP contribution in [0.25, 0.3) is 27.6 Å². The zero-order valence-corrected chi connectivity index (χ0v) is 48.2. The second-order valence-corrected chi connectivity index (χ2v) is 23.1. The third-order valence-electron chi connectivity index (χ3n) is 16.1. The number of cyclic esters (lactones) is 2. The molecule has 18 heteroatoms. The molecule has 2 saturated heterocycles. The highest BCUT2D eigenvalue weighted by molar-refractivity contribution is 5.93. The van der Waals surface area contributed by atoms with Crippen molar-refractivity contribution in [2.24, 2.45) is 35.5 Å². The highest BCUT2D eigenvalue weighted by atomic mass is 16.5. The lowest BCUT2D eigenvalue weighted by molar-refractivity contribution is -0.158. The summed E-state index contributed by atoms with van der Waals surface area (Å²) in [5, 5.41) is 12.4. The van der Waals surface area contributed by atoms with Crippen molar-refractivity contribution in [3.63, 3.8) is 0 Å². The standard InChI is InChI=1S/C31H42N4O5.C31H40N4O5/c2*1-18(2)26-16-28(36)19(3)8-6-9-25-15-24-14-22(11-12-23(24)17-32-25)21(5)40-31(39)27-10-7-13-35(34-27)30(38)20(4)33-29(26)37/h11-12,14-15,17-21,26-27,34H,6-10,13,16H2,1-5H3,(H,33,37);6,9,11-12,14-15,17-21,26-27,34H,7-8,10,13,16H2,1-5H3,(H,33,37)/b;9-6+/t2*19-,20+,21-,26+,27+/m11/s1. The number of nitrogens with one attached hydrogen (secondary N) is 4. The summed E-state index contributed by atoms with van der Waals surface area (Å²) >= 11 is 0. The van der Waals surface area contributed by atoms with E-state index >= 15 is 0 Å². The fourth-order valence-corrected chi connectivity index (χ4v) is 10.6. The monoisotopic (exact) mass is 1100 g/mol. The molecule has 2 aromatic carbocycles. The Labute approximate surface area is 470 Å². The van der Waals surface area contributed by atoms with E-state index in [9.17, 15) is 38.4 Å². The maximum absolute atomic E-state index is 13.2. The first kappa shape index (κ1) is 60.7.